The molecular formula is C23H26N4O2. The largest absolute Gasteiger partial charge is 0.334 e. The SMILES string of the molecule is Cc1ccccc1C1(C)CC1NC(=O)Nc1c(C)n(C)n(-c2ccccc2)c1=O. The van der Waals surface area contributed by atoms with Crippen molar-refractivity contribution in [1.29, 1.82) is 0 Å². The maximum absolute atomic E-state index is 12.9. The summed E-state index contributed by atoms with van der Waals surface area (Å²) in [6.07, 6.45) is 0.882. The molecule has 2 amide bonds. The van der Waals surface area contributed by atoms with Crippen LogP contribution in [0.1, 0.15) is 30.2 Å². The van der Waals surface area contributed by atoms with Crippen LogP contribution in [-0.2, 0) is 12.5 Å². The molecule has 0 spiro atoms. The van der Waals surface area contributed by atoms with Gasteiger partial charge in [0.15, 0.2) is 0 Å². The van der Waals surface area contributed by atoms with Gasteiger partial charge < -0.3 is 10.6 Å². The summed E-state index contributed by atoms with van der Waals surface area (Å²) >= 11 is 0. The van der Waals surface area contributed by atoms with Gasteiger partial charge in [-0.25, -0.2) is 9.48 Å². The molecule has 1 fully saturated rings. The van der Waals surface area contributed by atoms with Crippen LogP contribution in [0.3, 0.4) is 0 Å². The van der Waals surface area contributed by atoms with Gasteiger partial charge >= 0.3 is 6.03 Å². The van der Waals surface area contributed by atoms with Crippen molar-refractivity contribution in [1.82, 2.24) is 14.7 Å². The van der Waals surface area contributed by atoms with Crippen LogP contribution >= 0.6 is 0 Å². The minimum atomic E-state index is -0.349. The molecule has 1 heterocycles. The molecule has 29 heavy (non-hydrogen) atoms. The first-order valence-electron chi connectivity index (χ1n) is 9.80. The number of carbonyl (C=O) groups excluding carboxylic acids is 1. The van der Waals surface area contributed by atoms with E-state index in [1.165, 1.54) is 11.1 Å². The number of nitrogens with one attached hydrogen (secondary N) is 2. The van der Waals surface area contributed by atoms with Crippen molar-refractivity contribution in [3.05, 3.63) is 81.8 Å². The van der Waals surface area contributed by atoms with E-state index in [0.29, 0.717) is 11.4 Å². The molecule has 3 aromatic rings. The summed E-state index contributed by atoms with van der Waals surface area (Å²) in [5.74, 6) is 0. The van der Waals surface area contributed by atoms with Crippen molar-refractivity contribution >= 4 is 11.7 Å². The molecule has 6 heteroatoms. The lowest BCUT2D eigenvalue weighted by Crippen LogP contribution is -2.35. The molecule has 0 radical (unpaired) electrons. The van der Waals surface area contributed by atoms with Crippen LogP contribution in [0, 0.1) is 13.8 Å². The number of aromatic nitrogens is 2. The Morgan fingerprint density at radius 1 is 1.07 bits per heavy atom. The van der Waals surface area contributed by atoms with E-state index in [1.54, 1.807) is 9.36 Å². The zero-order valence-corrected chi connectivity index (χ0v) is 17.2. The van der Waals surface area contributed by atoms with E-state index in [0.717, 1.165) is 12.1 Å². The molecule has 0 bridgehead atoms. The second kappa shape index (κ2) is 6.95. The number of hydrogen-bond acceptors (Lipinski definition) is 2. The minimum absolute atomic E-state index is 0.0453. The molecule has 0 saturated heterocycles. The quantitative estimate of drug-likeness (QED) is 0.714. The maximum Gasteiger partial charge on any atom is 0.319 e. The number of hydrogen-bond donors (Lipinski definition) is 2. The number of aryl methyl sites for hydroxylation is 1. The van der Waals surface area contributed by atoms with E-state index in [9.17, 15) is 9.59 Å². The first kappa shape index (κ1) is 19.1. The van der Waals surface area contributed by atoms with Crippen molar-refractivity contribution < 1.29 is 4.79 Å². The lowest BCUT2D eigenvalue weighted by Gasteiger charge is -2.15. The fraction of sp³-hybridized carbons (Fsp3) is 0.304. The molecule has 1 saturated carbocycles. The minimum Gasteiger partial charge on any atom is -0.334 e. The third kappa shape index (κ3) is 3.24. The fourth-order valence-corrected chi connectivity index (χ4v) is 4.11. The van der Waals surface area contributed by atoms with Crippen LogP contribution < -0.4 is 16.2 Å². The summed E-state index contributed by atoms with van der Waals surface area (Å²) in [7, 11) is 1.81. The van der Waals surface area contributed by atoms with E-state index >= 15 is 0 Å². The third-order valence-electron chi connectivity index (χ3n) is 6.10. The Labute approximate surface area is 170 Å². The van der Waals surface area contributed by atoms with Crippen LogP contribution in [0.4, 0.5) is 10.5 Å². The standard InChI is InChI=1S/C23H26N4O2/c1-15-10-8-9-13-18(15)23(3)14-19(23)24-22(29)25-20-16(2)26(4)27(21(20)28)17-11-6-5-7-12-17/h5-13,19H,14H2,1-4H3,(H2,24,25,29). The topological polar surface area (TPSA) is 68.1 Å². The summed E-state index contributed by atoms with van der Waals surface area (Å²) in [4.78, 5) is 25.6. The second-order valence-electron chi connectivity index (χ2n) is 8.02. The molecule has 2 unspecified atom stereocenters. The van der Waals surface area contributed by atoms with Gasteiger partial charge in [0.1, 0.15) is 5.69 Å². The molecule has 2 atom stereocenters. The van der Waals surface area contributed by atoms with Crippen molar-refractivity contribution in [2.75, 3.05) is 5.32 Å². The van der Waals surface area contributed by atoms with Gasteiger partial charge in [-0.05, 0) is 43.5 Å². The van der Waals surface area contributed by atoms with Gasteiger partial charge in [-0.1, -0.05) is 49.4 Å². The highest BCUT2D eigenvalue weighted by Crippen LogP contribution is 2.49. The summed E-state index contributed by atoms with van der Waals surface area (Å²) < 4.78 is 3.31. The Kier molecular flexibility index (Phi) is 4.57. The Bertz CT molecular complexity index is 1130. The van der Waals surface area contributed by atoms with Crippen LogP contribution in [0.25, 0.3) is 5.69 Å². The van der Waals surface area contributed by atoms with Gasteiger partial charge in [0.25, 0.3) is 5.56 Å². The van der Waals surface area contributed by atoms with Gasteiger partial charge in [0.2, 0.25) is 0 Å². The monoisotopic (exact) mass is 390 g/mol. The molecule has 1 aliphatic rings. The third-order valence-corrected chi connectivity index (χ3v) is 6.10. The summed E-state index contributed by atoms with van der Waals surface area (Å²) in [5, 5.41) is 5.81. The summed E-state index contributed by atoms with van der Waals surface area (Å²) in [6.45, 7) is 6.08. The Morgan fingerprint density at radius 2 is 1.72 bits per heavy atom. The number of carbonyl (C=O) groups is 1. The van der Waals surface area contributed by atoms with Crippen molar-refractivity contribution in [3.8, 4) is 5.69 Å². The fourth-order valence-electron chi connectivity index (χ4n) is 4.11. The van der Waals surface area contributed by atoms with Crippen LogP contribution in [-0.4, -0.2) is 21.4 Å². The Morgan fingerprint density at radius 3 is 2.41 bits per heavy atom. The average Bonchev–Trinajstić information content (AvgIpc) is 3.30. The number of anilines is 1. The predicted molar refractivity (Wildman–Crippen MR) is 115 cm³/mol. The van der Waals surface area contributed by atoms with Gasteiger partial charge in [-0.15, -0.1) is 0 Å². The van der Waals surface area contributed by atoms with E-state index in [-0.39, 0.29) is 23.0 Å². The number of para-hydroxylation sites is 1. The van der Waals surface area contributed by atoms with Gasteiger partial charge in [-0.3, -0.25) is 9.48 Å². The maximum atomic E-state index is 12.9. The lowest BCUT2D eigenvalue weighted by atomic mass is 9.93. The number of rotatable bonds is 4. The molecule has 1 aromatic heterocycles. The molecule has 4 rings (SSSR count). The second-order valence-corrected chi connectivity index (χ2v) is 8.02. The normalized spacial score (nSPS) is 20.3. The van der Waals surface area contributed by atoms with E-state index in [2.05, 4.69) is 36.6 Å². The van der Waals surface area contributed by atoms with E-state index in [4.69, 9.17) is 0 Å². The molecule has 2 aromatic carbocycles. The highest BCUT2D eigenvalue weighted by Gasteiger charge is 2.52. The molecule has 6 nitrogen and oxygen atoms in total. The Hall–Kier alpha value is -3.28. The first-order valence-corrected chi connectivity index (χ1v) is 9.80. The molecule has 2 N–H and O–H groups in total. The van der Waals surface area contributed by atoms with Crippen molar-refractivity contribution in [2.24, 2.45) is 7.05 Å². The Balaban J connectivity index is 1.52. The molecule has 1 aliphatic carbocycles. The van der Waals surface area contributed by atoms with Crippen molar-refractivity contribution in [2.45, 2.75) is 38.6 Å². The predicted octanol–water partition coefficient (Wildman–Crippen LogP) is 3.64. The molecule has 150 valence electrons. The smallest absolute Gasteiger partial charge is 0.319 e. The van der Waals surface area contributed by atoms with Crippen LogP contribution in [0.15, 0.2) is 59.4 Å². The highest BCUT2D eigenvalue weighted by atomic mass is 16.2. The van der Waals surface area contributed by atoms with Gasteiger partial charge in [0, 0.05) is 18.5 Å². The first-order chi connectivity index (χ1) is 13.8. The van der Waals surface area contributed by atoms with E-state index < -0.39 is 0 Å². The van der Waals surface area contributed by atoms with Gasteiger partial charge in [0.05, 0.1) is 11.4 Å². The number of urea groups is 1. The number of nitrogens with zero attached hydrogens (tertiary/aromatic N) is 2. The zero-order valence-electron chi connectivity index (χ0n) is 17.2. The lowest BCUT2D eigenvalue weighted by molar-refractivity contribution is 0.251. The number of benzene rings is 2. The number of amides is 2. The van der Waals surface area contributed by atoms with E-state index in [1.807, 2.05) is 56.4 Å². The summed E-state index contributed by atoms with van der Waals surface area (Å²) in [5.41, 5.74) is 3.92. The molecular weight excluding hydrogens is 364 g/mol. The summed E-state index contributed by atoms with van der Waals surface area (Å²) in [6, 6.07) is 17.3. The zero-order chi connectivity index (χ0) is 20.8. The van der Waals surface area contributed by atoms with Crippen LogP contribution in [0.2, 0.25) is 0 Å². The van der Waals surface area contributed by atoms with Crippen LogP contribution in [0.5, 0.6) is 0 Å². The molecule has 0 aliphatic heterocycles. The highest BCUT2D eigenvalue weighted by molar-refractivity contribution is 5.90. The average molecular weight is 390 g/mol. The van der Waals surface area contributed by atoms with Gasteiger partial charge in [-0.2, -0.15) is 0 Å². The van der Waals surface area contributed by atoms with Crippen molar-refractivity contribution in [3.63, 3.8) is 0 Å².